The van der Waals surface area contributed by atoms with E-state index in [0.29, 0.717) is 5.56 Å². The summed E-state index contributed by atoms with van der Waals surface area (Å²) in [5.74, 6) is -0.176. The summed E-state index contributed by atoms with van der Waals surface area (Å²) in [7, 11) is 0. The van der Waals surface area contributed by atoms with Crippen LogP contribution in [0.15, 0.2) is 36.6 Å². The normalized spacial score (nSPS) is 10.5. The zero-order valence-corrected chi connectivity index (χ0v) is 7.53. The van der Waals surface area contributed by atoms with Crippen LogP contribution in [-0.2, 0) is 6.42 Å². The first-order valence-electron chi connectivity index (χ1n) is 4.22. The minimum atomic E-state index is -0.176. The summed E-state index contributed by atoms with van der Waals surface area (Å²) in [4.78, 5) is 11.2. The van der Waals surface area contributed by atoms with Gasteiger partial charge in [-0.2, -0.15) is 0 Å². The van der Waals surface area contributed by atoms with Gasteiger partial charge in [-0.15, -0.1) is 0 Å². The summed E-state index contributed by atoms with van der Waals surface area (Å²) in [6.07, 6.45) is 2.86. The van der Waals surface area contributed by atoms with E-state index >= 15 is 0 Å². The molecule has 0 radical (unpaired) electrons. The third-order valence-electron chi connectivity index (χ3n) is 1.87. The first-order chi connectivity index (χ1) is 6.27. The standard InChI is InChI=1S/C11H12O2/c1-2-9-3-5-10(6-4-9)11(13)7-8-12/h3-8,12H,2H2,1H3. The van der Waals surface area contributed by atoms with E-state index in [0.717, 1.165) is 18.8 Å². The smallest absolute Gasteiger partial charge is 0.188 e. The molecular formula is C11H12O2. The Hall–Kier alpha value is -1.57. The molecule has 0 saturated carbocycles. The van der Waals surface area contributed by atoms with Gasteiger partial charge in [0.2, 0.25) is 0 Å². The molecule has 0 spiro atoms. The molecule has 0 aromatic heterocycles. The average molecular weight is 176 g/mol. The number of allylic oxidation sites excluding steroid dienone is 1. The Morgan fingerprint density at radius 1 is 1.38 bits per heavy atom. The third kappa shape index (κ3) is 2.44. The maximum atomic E-state index is 11.2. The Morgan fingerprint density at radius 3 is 2.46 bits per heavy atom. The van der Waals surface area contributed by atoms with Crippen molar-refractivity contribution in [2.75, 3.05) is 0 Å². The molecule has 1 N–H and O–H groups in total. The summed E-state index contributed by atoms with van der Waals surface area (Å²) in [6, 6.07) is 7.36. The van der Waals surface area contributed by atoms with Crippen molar-refractivity contribution >= 4 is 5.78 Å². The largest absolute Gasteiger partial charge is 0.515 e. The zero-order valence-electron chi connectivity index (χ0n) is 7.53. The predicted molar refractivity (Wildman–Crippen MR) is 51.9 cm³/mol. The fraction of sp³-hybridized carbons (Fsp3) is 0.182. The van der Waals surface area contributed by atoms with Crippen molar-refractivity contribution in [3.63, 3.8) is 0 Å². The minimum absolute atomic E-state index is 0.176. The van der Waals surface area contributed by atoms with Gasteiger partial charge in [-0.1, -0.05) is 31.2 Å². The number of aliphatic hydroxyl groups excluding tert-OH is 1. The molecule has 0 aliphatic carbocycles. The Kier molecular flexibility index (Phi) is 3.26. The van der Waals surface area contributed by atoms with Crippen molar-refractivity contribution in [3.8, 4) is 0 Å². The molecule has 0 aliphatic heterocycles. The van der Waals surface area contributed by atoms with Gasteiger partial charge in [0, 0.05) is 11.6 Å². The predicted octanol–water partition coefficient (Wildman–Crippen LogP) is 2.50. The van der Waals surface area contributed by atoms with Crippen molar-refractivity contribution < 1.29 is 9.90 Å². The van der Waals surface area contributed by atoms with Crippen LogP contribution >= 0.6 is 0 Å². The highest BCUT2D eigenvalue weighted by molar-refractivity contribution is 6.04. The minimum Gasteiger partial charge on any atom is -0.515 e. The molecule has 0 saturated heterocycles. The van der Waals surface area contributed by atoms with E-state index in [2.05, 4.69) is 6.92 Å². The second-order valence-corrected chi connectivity index (χ2v) is 2.73. The summed E-state index contributed by atoms with van der Waals surface area (Å²) in [5.41, 5.74) is 1.80. The number of hydrogen-bond acceptors (Lipinski definition) is 2. The van der Waals surface area contributed by atoms with Gasteiger partial charge in [0.1, 0.15) is 0 Å². The molecule has 1 rings (SSSR count). The first-order valence-corrected chi connectivity index (χ1v) is 4.22. The second-order valence-electron chi connectivity index (χ2n) is 2.73. The Balaban J connectivity index is 2.85. The van der Waals surface area contributed by atoms with Gasteiger partial charge in [-0.05, 0) is 12.0 Å². The highest BCUT2D eigenvalue weighted by Crippen LogP contribution is 2.06. The van der Waals surface area contributed by atoms with E-state index in [1.165, 1.54) is 5.56 Å². The fourth-order valence-electron chi connectivity index (χ4n) is 1.07. The molecule has 0 atom stereocenters. The van der Waals surface area contributed by atoms with Crippen molar-refractivity contribution in [2.24, 2.45) is 0 Å². The van der Waals surface area contributed by atoms with Crippen molar-refractivity contribution in [2.45, 2.75) is 13.3 Å². The van der Waals surface area contributed by atoms with Gasteiger partial charge in [-0.25, -0.2) is 0 Å². The fourth-order valence-corrected chi connectivity index (χ4v) is 1.07. The molecule has 0 amide bonds. The second kappa shape index (κ2) is 4.45. The molecule has 68 valence electrons. The van der Waals surface area contributed by atoms with Gasteiger partial charge < -0.3 is 5.11 Å². The van der Waals surface area contributed by atoms with Gasteiger partial charge in [0.05, 0.1) is 6.26 Å². The molecule has 0 unspecified atom stereocenters. The number of hydrogen-bond donors (Lipinski definition) is 1. The maximum absolute atomic E-state index is 11.2. The van der Waals surface area contributed by atoms with E-state index in [1.807, 2.05) is 12.1 Å². The number of carbonyl (C=O) groups is 1. The SMILES string of the molecule is CCc1ccc(C(=O)C=CO)cc1. The number of rotatable bonds is 3. The zero-order chi connectivity index (χ0) is 9.68. The molecule has 0 fully saturated rings. The molecule has 0 bridgehead atoms. The van der Waals surface area contributed by atoms with Crippen LogP contribution in [0.3, 0.4) is 0 Å². The number of aryl methyl sites for hydroxylation is 1. The van der Waals surface area contributed by atoms with Crippen LogP contribution in [0.2, 0.25) is 0 Å². The summed E-state index contributed by atoms with van der Waals surface area (Å²) in [5, 5.41) is 8.40. The van der Waals surface area contributed by atoms with Gasteiger partial charge >= 0.3 is 0 Å². The third-order valence-corrected chi connectivity index (χ3v) is 1.87. The Bertz CT molecular complexity index is 309. The van der Waals surface area contributed by atoms with Crippen LogP contribution in [0.1, 0.15) is 22.8 Å². The lowest BCUT2D eigenvalue weighted by Gasteiger charge is -1.97. The van der Waals surface area contributed by atoms with Crippen molar-refractivity contribution in [3.05, 3.63) is 47.7 Å². The molecule has 1 aromatic carbocycles. The molecule has 2 nitrogen and oxygen atoms in total. The highest BCUT2D eigenvalue weighted by atomic mass is 16.2. The topological polar surface area (TPSA) is 37.3 Å². The van der Waals surface area contributed by atoms with Crippen molar-refractivity contribution in [1.82, 2.24) is 0 Å². The van der Waals surface area contributed by atoms with Gasteiger partial charge in [0.25, 0.3) is 0 Å². The number of aliphatic hydroxyl groups is 1. The molecule has 13 heavy (non-hydrogen) atoms. The highest BCUT2D eigenvalue weighted by Gasteiger charge is 2.00. The summed E-state index contributed by atoms with van der Waals surface area (Å²) < 4.78 is 0. The van der Waals surface area contributed by atoms with Crippen LogP contribution in [-0.4, -0.2) is 10.9 Å². The van der Waals surface area contributed by atoms with E-state index in [-0.39, 0.29) is 5.78 Å². The van der Waals surface area contributed by atoms with E-state index in [1.54, 1.807) is 12.1 Å². The van der Waals surface area contributed by atoms with E-state index in [4.69, 9.17) is 5.11 Å². The molecule has 0 heterocycles. The van der Waals surface area contributed by atoms with Crippen LogP contribution < -0.4 is 0 Å². The maximum Gasteiger partial charge on any atom is 0.188 e. The summed E-state index contributed by atoms with van der Waals surface area (Å²) in [6.45, 7) is 2.06. The number of carbonyl (C=O) groups excluding carboxylic acids is 1. The van der Waals surface area contributed by atoms with E-state index < -0.39 is 0 Å². The Labute approximate surface area is 77.5 Å². The molecule has 1 aromatic rings. The van der Waals surface area contributed by atoms with Crippen LogP contribution in [0.5, 0.6) is 0 Å². The van der Waals surface area contributed by atoms with Gasteiger partial charge in [-0.3, -0.25) is 4.79 Å². The van der Waals surface area contributed by atoms with Crippen LogP contribution in [0, 0.1) is 0 Å². The Morgan fingerprint density at radius 2 is 2.00 bits per heavy atom. The molecular weight excluding hydrogens is 164 g/mol. The van der Waals surface area contributed by atoms with Gasteiger partial charge in [0.15, 0.2) is 5.78 Å². The van der Waals surface area contributed by atoms with Crippen LogP contribution in [0.25, 0.3) is 0 Å². The number of benzene rings is 1. The lowest BCUT2D eigenvalue weighted by atomic mass is 10.1. The monoisotopic (exact) mass is 176 g/mol. The number of ketones is 1. The summed E-state index contributed by atoms with van der Waals surface area (Å²) >= 11 is 0. The molecule has 0 aliphatic rings. The molecule has 2 heteroatoms. The first kappa shape index (κ1) is 9.52. The quantitative estimate of drug-likeness (QED) is 0.436. The lowest BCUT2D eigenvalue weighted by Crippen LogP contribution is -1.94. The van der Waals surface area contributed by atoms with E-state index in [9.17, 15) is 4.79 Å². The lowest BCUT2D eigenvalue weighted by molar-refractivity contribution is 0.104. The average Bonchev–Trinajstić information content (AvgIpc) is 2.18. The van der Waals surface area contributed by atoms with Crippen molar-refractivity contribution in [1.29, 1.82) is 0 Å². The van der Waals surface area contributed by atoms with Crippen LogP contribution in [0.4, 0.5) is 0 Å².